The van der Waals surface area contributed by atoms with E-state index in [9.17, 15) is 36.6 Å². The van der Waals surface area contributed by atoms with Crippen molar-refractivity contribution in [1.29, 1.82) is 0 Å². The maximum Gasteiger partial charge on any atom is 0.354 e. The van der Waals surface area contributed by atoms with Gasteiger partial charge in [-0.1, -0.05) is 84.9 Å². The van der Waals surface area contributed by atoms with E-state index in [1.54, 1.807) is 42.5 Å². The van der Waals surface area contributed by atoms with Crippen molar-refractivity contribution in [3.8, 4) is 0 Å². The van der Waals surface area contributed by atoms with Gasteiger partial charge in [-0.05, 0) is 36.6 Å². The first-order valence-corrected chi connectivity index (χ1v) is 13.9. The normalized spacial score (nSPS) is 15.4. The van der Waals surface area contributed by atoms with E-state index in [2.05, 4.69) is 10.3 Å². The molecule has 0 aliphatic carbocycles. The number of carbonyl (C=O) groups excluding carboxylic acids is 1. The second kappa shape index (κ2) is 15.1. The minimum atomic E-state index is -2.38. The molecule has 0 aromatic heterocycles. The Hall–Kier alpha value is -4.67. The number of aliphatic carboxylic acids is 1. The fourth-order valence-electron chi connectivity index (χ4n) is 5.10. The topological polar surface area (TPSA) is 84.1 Å². The van der Waals surface area contributed by atoms with Crippen LogP contribution in [0.1, 0.15) is 35.1 Å². The molecule has 1 aliphatic rings. The van der Waals surface area contributed by atoms with E-state index in [-0.39, 0.29) is 39.5 Å². The number of nitrogens with zero attached hydrogens (tertiary/aromatic N) is 3. The van der Waals surface area contributed by atoms with E-state index in [0.717, 1.165) is 12.0 Å². The summed E-state index contributed by atoms with van der Waals surface area (Å²) in [5.74, 6) is -13.5. The molecule has 4 aromatic rings. The average Bonchev–Trinajstić information content (AvgIpc) is 3.52. The molecule has 4 aromatic carbocycles. The van der Waals surface area contributed by atoms with Gasteiger partial charge in [0.15, 0.2) is 23.3 Å². The number of rotatable bonds is 9. The molecule has 1 atom stereocenters. The first-order chi connectivity index (χ1) is 21.7. The molecule has 1 aliphatic heterocycles. The van der Waals surface area contributed by atoms with Gasteiger partial charge in [0.05, 0.1) is 23.2 Å². The van der Waals surface area contributed by atoms with Crippen molar-refractivity contribution in [3.63, 3.8) is 0 Å². The maximum absolute atomic E-state index is 14.5. The van der Waals surface area contributed by atoms with E-state index >= 15 is 0 Å². The molecule has 240 valence electrons. The number of halogens is 5. The molecule has 1 heterocycles. The van der Waals surface area contributed by atoms with Crippen LogP contribution in [0.4, 0.5) is 27.6 Å². The summed E-state index contributed by atoms with van der Waals surface area (Å²) in [6.07, 6.45) is 1.65. The molecule has 5 rings (SSSR count). The first kappa shape index (κ1) is 34.2. The van der Waals surface area contributed by atoms with Gasteiger partial charge in [0, 0.05) is 28.6 Å². The number of para-hydroxylation sites is 1. The molecule has 0 unspecified atom stereocenters. The van der Waals surface area contributed by atoms with Gasteiger partial charge in [0.25, 0.3) is 0 Å². The van der Waals surface area contributed by atoms with E-state index in [1.807, 2.05) is 35.2 Å². The third kappa shape index (κ3) is 7.41. The molecule has 1 saturated heterocycles. The van der Waals surface area contributed by atoms with E-state index < -0.39 is 58.3 Å². The Balaban J connectivity index is 0.00000480. The molecule has 1 fully saturated rings. The minimum Gasteiger partial charge on any atom is -0.625 e. The van der Waals surface area contributed by atoms with Crippen molar-refractivity contribution in [3.05, 3.63) is 147 Å². The summed E-state index contributed by atoms with van der Waals surface area (Å²) >= 11 is 0. The molecule has 1 N–H and O–H groups in total. The predicted molar refractivity (Wildman–Crippen MR) is 158 cm³/mol. The van der Waals surface area contributed by atoms with Gasteiger partial charge in [-0.25, -0.2) is 31.7 Å². The van der Waals surface area contributed by atoms with E-state index in [4.69, 9.17) is 0 Å². The number of carboxylic acids is 1. The number of benzene rings is 4. The average molecular weight is 677 g/mol. The van der Waals surface area contributed by atoms with Crippen molar-refractivity contribution in [2.45, 2.75) is 25.4 Å². The van der Waals surface area contributed by atoms with Crippen LogP contribution in [0.5, 0.6) is 0 Å². The first-order valence-electron chi connectivity index (χ1n) is 13.9. The zero-order valence-corrected chi connectivity index (χ0v) is 24.9. The van der Waals surface area contributed by atoms with Gasteiger partial charge in [-0.3, -0.25) is 4.90 Å². The Morgan fingerprint density at radius 1 is 0.826 bits per heavy atom. The van der Waals surface area contributed by atoms with Crippen LogP contribution < -0.4 is 0 Å². The molecule has 46 heavy (non-hydrogen) atoms. The molecule has 12 heteroatoms. The Morgan fingerprint density at radius 2 is 1.39 bits per heavy atom. The van der Waals surface area contributed by atoms with E-state index in [0.29, 0.717) is 25.1 Å². The largest absolute Gasteiger partial charge is 0.625 e. The quantitative estimate of drug-likeness (QED) is 0.0496. The van der Waals surface area contributed by atoms with E-state index in [1.165, 1.54) is 12.1 Å². The number of hydrogen-bond acceptors (Lipinski definition) is 4. The van der Waals surface area contributed by atoms with Gasteiger partial charge >= 0.3 is 5.97 Å². The van der Waals surface area contributed by atoms with Gasteiger partial charge < -0.3 is 15.2 Å². The summed E-state index contributed by atoms with van der Waals surface area (Å²) in [5, 5.41) is 14.3. The monoisotopic (exact) mass is 676 g/mol. The number of carbonyl (C=O) groups is 2. The summed E-state index contributed by atoms with van der Waals surface area (Å²) in [7, 11) is 0. The predicted octanol–water partition coefficient (Wildman–Crippen LogP) is 7.54. The van der Waals surface area contributed by atoms with Crippen molar-refractivity contribution >= 4 is 29.4 Å². The minimum absolute atomic E-state index is 0. The SMILES string of the molecule is O=C(O)/C(=C\c1c(F)c(F)c(F)c(F)c1F)N=C(c1ccccc1)c1ccccc1[N-]C(=O)[C@@H]1CCCN1Cc1ccccc1.[Ni]. The van der Waals surface area contributed by atoms with Gasteiger partial charge in [0.1, 0.15) is 5.70 Å². The number of aliphatic imine (C=N–C) groups is 1. The zero-order chi connectivity index (χ0) is 32.1. The Kier molecular flexibility index (Phi) is 11.2. The summed E-state index contributed by atoms with van der Waals surface area (Å²) in [6.45, 7) is 1.25. The molecular formula is C34H25F5N3NiO3-. The fraction of sp³-hybridized carbons (Fsp3) is 0.147. The summed E-state index contributed by atoms with van der Waals surface area (Å²) < 4.78 is 70.3. The molecule has 1 amide bonds. The Labute approximate surface area is 271 Å². The third-order valence-corrected chi connectivity index (χ3v) is 7.29. The van der Waals surface area contributed by atoms with Crippen molar-refractivity contribution in [2.24, 2.45) is 4.99 Å². The smallest absolute Gasteiger partial charge is 0.354 e. The van der Waals surface area contributed by atoms with Crippen LogP contribution in [-0.4, -0.2) is 40.2 Å². The zero-order valence-electron chi connectivity index (χ0n) is 23.9. The van der Waals surface area contributed by atoms with Crippen LogP contribution in [0.2, 0.25) is 0 Å². The van der Waals surface area contributed by atoms with Crippen molar-refractivity contribution in [2.75, 3.05) is 6.54 Å². The molecule has 0 spiro atoms. The molecule has 0 bridgehead atoms. The summed E-state index contributed by atoms with van der Waals surface area (Å²) in [6, 6.07) is 23.6. The number of carboxylic acid groups (broad SMARTS) is 1. The summed E-state index contributed by atoms with van der Waals surface area (Å²) in [5.41, 5.74) is -0.822. The van der Waals surface area contributed by atoms with Crippen LogP contribution in [0.25, 0.3) is 11.4 Å². The number of likely N-dealkylation sites (tertiary alicyclic amines) is 1. The molecule has 0 radical (unpaired) electrons. The standard InChI is InChI=1S/C34H26F5N3O3.Ni/c35-27-23(28(36)30(38)31(39)29(27)37)18-25(34(44)45)40-32(21-12-5-2-6-13-21)22-14-7-8-15-24(22)41-33(43)26-16-9-17-42(26)19-20-10-3-1-4-11-20;/h1-8,10-15,18,26H,9,16-17,19H2,(H2,40,41,43,44,45);/p-1/b25-18+;/t26-;/m0./s1. The number of amides is 1. The molecule has 6 nitrogen and oxygen atoms in total. The van der Waals surface area contributed by atoms with Crippen LogP contribution in [0.15, 0.2) is 95.6 Å². The maximum atomic E-state index is 14.5. The van der Waals surface area contributed by atoms with Crippen molar-refractivity contribution in [1.82, 2.24) is 4.90 Å². The van der Waals surface area contributed by atoms with Crippen LogP contribution in [-0.2, 0) is 32.6 Å². The third-order valence-electron chi connectivity index (χ3n) is 7.29. The van der Waals surface area contributed by atoms with Crippen LogP contribution in [0, 0.1) is 29.1 Å². The van der Waals surface area contributed by atoms with Crippen LogP contribution in [0.3, 0.4) is 0 Å². The Morgan fingerprint density at radius 3 is 2.02 bits per heavy atom. The van der Waals surface area contributed by atoms with Gasteiger partial charge in [-0.2, -0.15) is 0 Å². The molecule has 0 saturated carbocycles. The summed E-state index contributed by atoms with van der Waals surface area (Å²) in [4.78, 5) is 31.9. The second-order valence-corrected chi connectivity index (χ2v) is 10.2. The second-order valence-electron chi connectivity index (χ2n) is 10.2. The van der Waals surface area contributed by atoms with Gasteiger partial charge in [0.2, 0.25) is 5.82 Å². The fourth-order valence-corrected chi connectivity index (χ4v) is 5.10. The van der Waals surface area contributed by atoms with Gasteiger partial charge in [-0.15, -0.1) is 5.69 Å². The van der Waals surface area contributed by atoms with Crippen LogP contribution >= 0.6 is 0 Å². The van der Waals surface area contributed by atoms with Crippen molar-refractivity contribution < 1.29 is 53.1 Å². The molecular weight excluding hydrogens is 652 g/mol. The number of hydrogen-bond donors (Lipinski definition) is 1. The Bertz CT molecular complexity index is 1770.